The second-order valence-electron chi connectivity index (χ2n) is 1.56. The quantitative estimate of drug-likeness (QED) is 0.533. The Morgan fingerprint density at radius 2 is 2.33 bits per heavy atom. The topological polar surface area (TPSA) is 0 Å². The molecule has 0 spiro atoms. The van der Waals surface area contributed by atoms with E-state index in [-0.39, 0.29) is 0 Å². The van der Waals surface area contributed by atoms with Gasteiger partial charge in [0.2, 0.25) is 0 Å². The van der Waals surface area contributed by atoms with E-state index < -0.39 is 0 Å². The minimum atomic E-state index is 0.863. The molecule has 0 N–H and O–H groups in total. The second-order valence-corrected chi connectivity index (χ2v) is 3.87. The molecule has 0 heterocycles. The first-order chi connectivity index (χ1) is 4.20. The van der Waals surface area contributed by atoms with Crippen molar-refractivity contribution in [3.63, 3.8) is 0 Å². The van der Waals surface area contributed by atoms with Crippen molar-refractivity contribution in [2.24, 2.45) is 0 Å². The molecule has 0 aromatic carbocycles. The van der Waals surface area contributed by atoms with Gasteiger partial charge in [0.1, 0.15) is 0 Å². The molecule has 0 aromatic rings. The van der Waals surface area contributed by atoms with E-state index >= 15 is 0 Å². The van der Waals surface area contributed by atoms with Crippen molar-refractivity contribution in [2.45, 2.75) is 6.92 Å². The fourth-order valence-electron chi connectivity index (χ4n) is 0.379. The predicted octanol–water partition coefficient (Wildman–Crippen LogP) is 1.47. The molecule has 0 atom stereocenters. The van der Waals surface area contributed by atoms with E-state index in [2.05, 4.69) is 12.5 Å². The van der Waals surface area contributed by atoms with E-state index in [4.69, 9.17) is 6.42 Å². The number of hydrogen-bond acceptors (Lipinski definition) is 0. The first-order valence-corrected chi connectivity index (χ1v) is 3.98. The minimum absolute atomic E-state index is 0.863. The summed E-state index contributed by atoms with van der Waals surface area (Å²) in [6, 6.07) is 0. The zero-order chi connectivity index (χ0) is 7.28. The zero-order valence-corrected chi connectivity index (χ0v) is 8.28. The molecule has 0 aromatic heterocycles. The average molecular weight is 288 g/mol. The Morgan fingerprint density at radius 1 is 1.78 bits per heavy atom. The van der Waals surface area contributed by atoms with E-state index in [1.807, 2.05) is 13.0 Å². The van der Waals surface area contributed by atoms with Crippen LogP contribution >= 0.6 is 0 Å². The molecular formula is C8H8W. The summed E-state index contributed by atoms with van der Waals surface area (Å²) >= 11 is 1.44. The first-order valence-electron chi connectivity index (χ1n) is 2.52. The second kappa shape index (κ2) is 4.47. The van der Waals surface area contributed by atoms with Gasteiger partial charge in [-0.3, -0.25) is 0 Å². The summed E-state index contributed by atoms with van der Waals surface area (Å²) in [6.07, 6.45) is 8.79. The van der Waals surface area contributed by atoms with Crippen LogP contribution in [0.15, 0.2) is 24.3 Å². The molecule has 0 amide bonds. The van der Waals surface area contributed by atoms with Gasteiger partial charge in [-0.05, 0) is 0 Å². The van der Waals surface area contributed by atoms with E-state index in [1.165, 1.54) is 23.3 Å². The van der Waals surface area contributed by atoms with Crippen LogP contribution in [0, 0.1) is 12.3 Å². The van der Waals surface area contributed by atoms with Crippen molar-refractivity contribution in [3.05, 3.63) is 24.3 Å². The number of hydrogen-bond donors (Lipinski definition) is 0. The van der Waals surface area contributed by atoms with Gasteiger partial charge in [-0.25, -0.2) is 0 Å². The first kappa shape index (κ1) is 8.60. The molecule has 0 rings (SSSR count). The van der Waals surface area contributed by atoms with E-state index in [9.17, 15) is 0 Å². The summed E-state index contributed by atoms with van der Waals surface area (Å²) in [5.41, 5.74) is 0.863. The molecule has 0 aliphatic carbocycles. The molecule has 0 radical (unpaired) electrons. The summed E-state index contributed by atoms with van der Waals surface area (Å²) in [6.45, 7) is 5.61. The number of allylic oxidation sites excluding steroid dienone is 3. The molecular weight excluding hydrogens is 280 g/mol. The number of rotatable bonds is 2. The molecule has 46 valence electrons. The summed E-state index contributed by atoms with van der Waals surface area (Å²) in [5, 5.41) is 0. The van der Waals surface area contributed by atoms with Crippen molar-refractivity contribution in [2.75, 3.05) is 0 Å². The summed E-state index contributed by atoms with van der Waals surface area (Å²) in [7, 11) is 0. The van der Waals surface area contributed by atoms with Gasteiger partial charge in [0, 0.05) is 0 Å². The van der Waals surface area contributed by atoms with Crippen LogP contribution in [0.3, 0.4) is 0 Å². The van der Waals surface area contributed by atoms with Crippen LogP contribution in [0.2, 0.25) is 0 Å². The van der Waals surface area contributed by atoms with E-state index in [1.54, 1.807) is 6.08 Å². The van der Waals surface area contributed by atoms with Crippen LogP contribution in [0.25, 0.3) is 0 Å². The van der Waals surface area contributed by atoms with Gasteiger partial charge in [0.05, 0.1) is 0 Å². The van der Waals surface area contributed by atoms with Crippen molar-refractivity contribution >= 4 is 3.90 Å². The molecule has 1 heteroatoms. The van der Waals surface area contributed by atoms with Crippen LogP contribution in [-0.4, -0.2) is 3.90 Å². The molecule has 9 heavy (non-hydrogen) atoms. The van der Waals surface area contributed by atoms with E-state index in [0.717, 1.165) is 5.57 Å². The molecule has 0 unspecified atom stereocenters. The van der Waals surface area contributed by atoms with Crippen LogP contribution < -0.4 is 0 Å². The maximum atomic E-state index is 5.14. The normalized spacial score (nSPS) is 10.0. The standard InChI is InChI=1S/C8H8.W/c1-4-7-8(5-2)6-3;/h2,6-7H,3H2,1H3;/b8-7-;. The van der Waals surface area contributed by atoms with Crippen LogP contribution in [0.5, 0.6) is 0 Å². The maximum absolute atomic E-state index is 5.14. The Kier molecular flexibility index (Phi) is 4.27. The van der Waals surface area contributed by atoms with Gasteiger partial charge >= 0.3 is 66.8 Å². The summed E-state index contributed by atoms with van der Waals surface area (Å²) in [4.78, 5) is 0. The Labute approximate surface area is 67.1 Å². The Bertz CT molecular complexity index is 191. The predicted molar refractivity (Wildman–Crippen MR) is 37.8 cm³/mol. The van der Waals surface area contributed by atoms with Crippen LogP contribution in [0.4, 0.5) is 0 Å². The summed E-state index contributed by atoms with van der Waals surface area (Å²) < 4.78 is 1.28. The average Bonchev–Trinajstić information content (AvgIpc) is 1.82. The third-order valence-corrected chi connectivity index (χ3v) is 1.17. The zero-order valence-electron chi connectivity index (χ0n) is 5.35. The fourth-order valence-corrected chi connectivity index (χ4v) is 0.835. The van der Waals surface area contributed by atoms with Gasteiger partial charge in [-0.1, -0.05) is 0 Å². The third kappa shape index (κ3) is 4.12. The molecule has 0 aliphatic heterocycles. The molecule has 0 bridgehead atoms. The SMILES string of the molecule is C#C/C(C=C)=C/[C](C)=[W]. The Morgan fingerprint density at radius 3 is 2.44 bits per heavy atom. The van der Waals surface area contributed by atoms with Gasteiger partial charge < -0.3 is 0 Å². The number of terminal acetylenes is 1. The molecule has 0 saturated carbocycles. The third-order valence-electron chi connectivity index (χ3n) is 0.745. The van der Waals surface area contributed by atoms with Crippen molar-refractivity contribution in [1.29, 1.82) is 0 Å². The molecule has 0 saturated heterocycles. The summed E-state index contributed by atoms with van der Waals surface area (Å²) in [5.74, 6) is 2.52. The Hall–Kier alpha value is -0.402. The van der Waals surface area contributed by atoms with Gasteiger partial charge in [0.15, 0.2) is 0 Å². The van der Waals surface area contributed by atoms with Gasteiger partial charge in [-0.15, -0.1) is 0 Å². The Balaban J connectivity index is 4.30. The monoisotopic (exact) mass is 288 g/mol. The van der Waals surface area contributed by atoms with Crippen LogP contribution in [0.1, 0.15) is 6.92 Å². The van der Waals surface area contributed by atoms with Crippen molar-refractivity contribution in [3.8, 4) is 12.3 Å². The van der Waals surface area contributed by atoms with Gasteiger partial charge in [0.25, 0.3) is 0 Å². The fraction of sp³-hybridized carbons (Fsp3) is 0.125. The molecule has 0 nitrogen and oxygen atoms in total. The molecule has 0 aliphatic rings. The van der Waals surface area contributed by atoms with Crippen molar-refractivity contribution < 1.29 is 19.4 Å². The molecule has 0 fully saturated rings. The van der Waals surface area contributed by atoms with Gasteiger partial charge in [-0.2, -0.15) is 0 Å². The van der Waals surface area contributed by atoms with Crippen molar-refractivity contribution in [1.82, 2.24) is 0 Å². The van der Waals surface area contributed by atoms with Crippen LogP contribution in [-0.2, 0) is 19.4 Å². The van der Waals surface area contributed by atoms with E-state index in [0.29, 0.717) is 0 Å².